The van der Waals surface area contributed by atoms with Gasteiger partial charge in [0.25, 0.3) is 0 Å². The largest absolute Gasteiger partial charge is 0.390 e. The van der Waals surface area contributed by atoms with Crippen molar-refractivity contribution in [2.24, 2.45) is 11.1 Å². The van der Waals surface area contributed by atoms with Gasteiger partial charge in [-0.1, -0.05) is 30.1 Å². The zero-order valence-electron chi connectivity index (χ0n) is 12.8. The average Bonchev–Trinajstić information content (AvgIpc) is 3.18. The van der Waals surface area contributed by atoms with Crippen molar-refractivity contribution in [2.45, 2.75) is 38.2 Å². The molecule has 1 aromatic rings. The molecule has 0 unspecified atom stereocenters. The van der Waals surface area contributed by atoms with Crippen LogP contribution in [0.5, 0.6) is 0 Å². The van der Waals surface area contributed by atoms with E-state index in [0.29, 0.717) is 13.0 Å². The Morgan fingerprint density at radius 3 is 2.68 bits per heavy atom. The van der Waals surface area contributed by atoms with Gasteiger partial charge >= 0.3 is 0 Å². The molecule has 1 aliphatic heterocycles. The van der Waals surface area contributed by atoms with Gasteiger partial charge in [0.1, 0.15) is 5.82 Å². The smallest absolute Gasteiger partial charge is 0.225 e. The topological polar surface area (TPSA) is 41.9 Å². The number of likely N-dealkylation sites (N-methyl/N-ethyl adjacent to an activating group) is 1. The molecule has 5 heteroatoms. The minimum Gasteiger partial charge on any atom is -0.390 e. The molecule has 1 atom stereocenters. The number of amides is 1. The lowest BCUT2D eigenvalue weighted by atomic mass is 10.0. The summed E-state index contributed by atoms with van der Waals surface area (Å²) in [6.45, 7) is 0.545. The Balaban J connectivity index is 1.53. The summed E-state index contributed by atoms with van der Waals surface area (Å²) >= 11 is 0. The third-order valence-electron chi connectivity index (χ3n) is 4.47. The lowest BCUT2D eigenvalue weighted by Gasteiger charge is -2.23. The van der Waals surface area contributed by atoms with Gasteiger partial charge in [0.15, 0.2) is 6.10 Å². The predicted octanol–water partition coefficient (Wildman–Crippen LogP) is 2.97. The van der Waals surface area contributed by atoms with Gasteiger partial charge in [0, 0.05) is 19.4 Å². The van der Waals surface area contributed by atoms with Crippen molar-refractivity contribution in [1.29, 1.82) is 0 Å². The van der Waals surface area contributed by atoms with Crippen molar-refractivity contribution in [1.82, 2.24) is 4.90 Å². The number of carbonyl (C=O) groups excluding carboxylic acids is 1. The number of hydrogen-bond acceptors (Lipinski definition) is 3. The quantitative estimate of drug-likeness (QED) is 0.858. The molecule has 0 aromatic heterocycles. The summed E-state index contributed by atoms with van der Waals surface area (Å²) in [7, 11) is 1.83. The molecule has 0 radical (unpaired) electrons. The van der Waals surface area contributed by atoms with E-state index in [1.807, 2.05) is 7.05 Å². The normalized spacial score (nSPS) is 21.5. The number of hydrogen-bond donors (Lipinski definition) is 0. The number of halogens is 1. The lowest BCUT2D eigenvalue weighted by molar-refractivity contribution is -0.135. The minimum atomic E-state index is -0.262. The summed E-state index contributed by atoms with van der Waals surface area (Å²) in [5.41, 5.74) is 1.68. The Hall–Kier alpha value is -1.91. The lowest BCUT2D eigenvalue weighted by Crippen LogP contribution is -2.37. The van der Waals surface area contributed by atoms with Crippen LogP contribution in [0.25, 0.3) is 0 Å². The average molecular weight is 304 g/mol. The molecule has 1 heterocycles. The third-order valence-corrected chi connectivity index (χ3v) is 4.47. The molecular formula is C17H21FN2O2. The number of carbonyl (C=O) groups is 1. The minimum absolute atomic E-state index is 0.115. The van der Waals surface area contributed by atoms with Crippen molar-refractivity contribution in [2.75, 3.05) is 13.6 Å². The molecule has 3 rings (SSSR count). The maximum Gasteiger partial charge on any atom is 0.225 e. The number of benzene rings is 1. The van der Waals surface area contributed by atoms with Crippen LogP contribution in [0.1, 0.15) is 37.7 Å². The first kappa shape index (κ1) is 15.0. The van der Waals surface area contributed by atoms with E-state index in [9.17, 15) is 9.18 Å². The molecule has 1 aromatic carbocycles. The van der Waals surface area contributed by atoms with Gasteiger partial charge in [-0.25, -0.2) is 4.39 Å². The van der Waals surface area contributed by atoms with Crippen molar-refractivity contribution in [3.8, 4) is 0 Å². The SMILES string of the molecule is CN(C[C@H]1CC(c2ccc(F)cc2)=NO1)C(=O)C1CCCC1. The molecule has 1 amide bonds. The molecule has 2 aliphatic rings. The fourth-order valence-corrected chi connectivity index (χ4v) is 3.22. The summed E-state index contributed by atoms with van der Waals surface area (Å²) in [6, 6.07) is 6.24. The van der Waals surface area contributed by atoms with E-state index < -0.39 is 0 Å². The highest BCUT2D eigenvalue weighted by Crippen LogP contribution is 2.27. The Labute approximate surface area is 129 Å². The van der Waals surface area contributed by atoms with Crippen LogP contribution in [0.15, 0.2) is 29.4 Å². The molecule has 1 saturated carbocycles. The zero-order valence-corrected chi connectivity index (χ0v) is 12.8. The van der Waals surface area contributed by atoms with Crippen LogP contribution in [0.3, 0.4) is 0 Å². The van der Waals surface area contributed by atoms with Crippen LogP contribution in [0.4, 0.5) is 4.39 Å². The van der Waals surface area contributed by atoms with Crippen LogP contribution in [0.2, 0.25) is 0 Å². The predicted molar refractivity (Wildman–Crippen MR) is 82.0 cm³/mol. The summed E-state index contributed by atoms with van der Waals surface area (Å²) in [4.78, 5) is 19.5. The van der Waals surface area contributed by atoms with E-state index in [1.54, 1.807) is 17.0 Å². The van der Waals surface area contributed by atoms with Gasteiger partial charge in [0.2, 0.25) is 5.91 Å². The van der Waals surface area contributed by atoms with E-state index >= 15 is 0 Å². The van der Waals surface area contributed by atoms with E-state index in [-0.39, 0.29) is 23.7 Å². The number of nitrogens with zero attached hydrogens (tertiary/aromatic N) is 2. The summed E-state index contributed by atoms with van der Waals surface area (Å²) < 4.78 is 12.9. The van der Waals surface area contributed by atoms with Crippen LogP contribution in [0, 0.1) is 11.7 Å². The molecule has 0 spiro atoms. The first-order valence-corrected chi connectivity index (χ1v) is 7.87. The molecule has 0 saturated heterocycles. The summed E-state index contributed by atoms with van der Waals surface area (Å²) in [5, 5.41) is 4.08. The molecule has 0 N–H and O–H groups in total. The van der Waals surface area contributed by atoms with Gasteiger partial charge in [-0.2, -0.15) is 0 Å². The number of oxime groups is 1. The summed E-state index contributed by atoms with van der Waals surface area (Å²) in [5.74, 6) is 0.141. The van der Waals surface area contributed by atoms with Crippen molar-refractivity contribution in [3.05, 3.63) is 35.6 Å². The maximum absolute atomic E-state index is 12.9. The van der Waals surface area contributed by atoms with E-state index in [0.717, 1.165) is 37.0 Å². The van der Waals surface area contributed by atoms with Crippen LogP contribution in [-0.2, 0) is 9.63 Å². The van der Waals surface area contributed by atoms with Gasteiger partial charge in [-0.05, 0) is 30.5 Å². The van der Waals surface area contributed by atoms with Crippen LogP contribution in [-0.4, -0.2) is 36.2 Å². The molecule has 22 heavy (non-hydrogen) atoms. The maximum atomic E-state index is 12.9. The fraction of sp³-hybridized carbons (Fsp3) is 0.529. The van der Waals surface area contributed by atoms with Crippen molar-refractivity contribution < 1.29 is 14.0 Å². The number of rotatable bonds is 4. The first-order valence-electron chi connectivity index (χ1n) is 7.87. The highest BCUT2D eigenvalue weighted by Gasteiger charge is 2.29. The van der Waals surface area contributed by atoms with Gasteiger partial charge < -0.3 is 9.74 Å². The van der Waals surface area contributed by atoms with E-state index in [1.165, 1.54) is 12.1 Å². The molecule has 4 nitrogen and oxygen atoms in total. The molecule has 118 valence electrons. The Morgan fingerprint density at radius 2 is 2.00 bits per heavy atom. The standard InChI is InChI=1S/C17H21FN2O2/c1-20(17(21)13-4-2-3-5-13)11-15-10-16(19-22-15)12-6-8-14(18)9-7-12/h6-9,13,15H,2-5,10-11H2,1H3/t15-/m1/s1. The molecule has 1 fully saturated rings. The van der Waals surface area contributed by atoms with E-state index in [4.69, 9.17) is 4.84 Å². The van der Waals surface area contributed by atoms with Crippen LogP contribution < -0.4 is 0 Å². The highest BCUT2D eigenvalue weighted by molar-refractivity contribution is 6.01. The Morgan fingerprint density at radius 1 is 1.32 bits per heavy atom. The third kappa shape index (κ3) is 3.29. The second-order valence-corrected chi connectivity index (χ2v) is 6.18. The summed E-state index contributed by atoms with van der Waals surface area (Å²) in [6.07, 6.45) is 4.85. The monoisotopic (exact) mass is 304 g/mol. The fourth-order valence-electron chi connectivity index (χ4n) is 3.22. The zero-order chi connectivity index (χ0) is 15.5. The van der Waals surface area contributed by atoms with Gasteiger partial charge in [-0.3, -0.25) is 4.79 Å². The van der Waals surface area contributed by atoms with Crippen molar-refractivity contribution >= 4 is 11.6 Å². The second kappa shape index (κ2) is 6.46. The highest BCUT2D eigenvalue weighted by atomic mass is 19.1. The van der Waals surface area contributed by atoms with Crippen molar-refractivity contribution in [3.63, 3.8) is 0 Å². The molecular weight excluding hydrogens is 283 g/mol. The Kier molecular flexibility index (Phi) is 4.41. The van der Waals surface area contributed by atoms with Gasteiger partial charge in [0.05, 0.1) is 12.3 Å². The van der Waals surface area contributed by atoms with Gasteiger partial charge in [-0.15, -0.1) is 0 Å². The molecule has 0 bridgehead atoms. The first-order chi connectivity index (χ1) is 10.6. The molecule has 1 aliphatic carbocycles. The van der Waals surface area contributed by atoms with E-state index in [2.05, 4.69) is 5.16 Å². The Bertz CT molecular complexity index is 565. The van der Waals surface area contributed by atoms with Crippen LogP contribution >= 0.6 is 0 Å². The second-order valence-electron chi connectivity index (χ2n) is 6.18.